The van der Waals surface area contributed by atoms with Crippen LogP contribution in [-0.4, -0.2) is 47.8 Å². The normalized spacial score (nSPS) is 15.4. The summed E-state index contributed by atoms with van der Waals surface area (Å²) in [6.45, 7) is 7.23. The third-order valence-electron chi connectivity index (χ3n) is 7.74. The number of fused-ring (bicyclic) bond motifs is 1. The van der Waals surface area contributed by atoms with Crippen LogP contribution in [-0.2, 0) is 28.7 Å². The highest BCUT2D eigenvalue weighted by atomic mass is 31.2. The third kappa shape index (κ3) is 8.12. The maximum Gasteiger partial charge on any atom is 0.247 e. The van der Waals surface area contributed by atoms with Gasteiger partial charge in [0, 0.05) is 25.9 Å². The molecule has 0 aliphatic carbocycles. The van der Waals surface area contributed by atoms with E-state index in [0.29, 0.717) is 13.0 Å². The molecule has 0 saturated carbocycles. The Bertz CT molecular complexity index is 986. The van der Waals surface area contributed by atoms with Crippen molar-refractivity contribution >= 4 is 24.8 Å². The Hall–Kier alpha value is -2.23. The van der Waals surface area contributed by atoms with Crippen LogP contribution in [0, 0.1) is 0 Å². The highest BCUT2D eigenvalue weighted by molar-refractivity contribution is 7.75. The van der Waals surface area contributed by atoms with Gasteiger partial charge < -0.3 is 16.0 Å². The minimum Gasteiger partial charge on any atom is -0.325 e. The number of hydrogen-bond acceptors (Lipinski definition) is 3. The van der Waals surface area contributed by atoms with Gasteiger partial charge in [-0.05, 0) is 48.1 Å². The molecule has 1 unspecified atom stereocenters. The van der Waals surface area contributed by atoms with Crippen molar-refractivity contribution in [3.8, 4) is 0 Å². The summed E-state index contributed by atoms with van der Waals surface area (Å²) in [5.74, 6) is -0.351. The van der Waals surface area contributed by atoms with E-state index in [-0.39, 0.29) is 18.4 Å². The molecule has 202 valence electrons. The van der Waals surface area contributed by atoms with E-state index in [2.05, 4.69) is 38.2 Å². The quantitative estimate of drug-likeness (QED) is 0.279. The average molecular weight is 525 g/mol. The van der Waals surface area contributed by atoms with Crippen LogP contribution in [0.3, 0.4) is 0 Å². The van der Waals surface area contributed by atoms with Crippen LogP contribution in [0.4, 0.5) is 5.69 Å². The lowest BCUT2D eigenvalue weighted by Crippen LogP contribution is -2.52. The third-order valence-corrected chi connectivity index (χ3v) is 12.6. The molecule has 1 aliphatic heterocycles. The maximum absolute atomic E-state index is 13.3. The lowest BCUT2D eigenvalue weighted by atomic mass is 9.93. The molecule has 1 heterocycles. The van der Waals surface area contributed by atoms with Crippen LogP contribution in [0.1, 0.15) is 76.0 Å². The Morgan fingerprint density at radius 1 is 0.892 bits per heavy atom. The van der Waals surface area contributed by atoms with E-state index < -0.39 is 13.3 Å². The highest BCUT2D eigenvalue weighted by Crippen LogP contribution is 2.63. The van der Waals surface area contributed by atoms with Crippen molar-refractivity contribution in [1.82, 2.24) is 4.90 Å². The van der Waals surface area contributed by atoms with E-state index in [1.807, 2.05) is 36.4 Å². The Kier molecular flexibility index (Phi) is 11.6. The van der Waals surface area contributed by atoms with Crippen molar-refractivity contribution in [2.45, 2.75) is 84.5 Å². The van der Waals surface area contributed by atoms with Crippen LogP contribution >= 0.6 is 7.26 Å². The van der Waals surface area contributed by atoms with Crippen LogP contribution in [0.15, 0.2) is 48.5 Å². The summed E-state index contributed by atoms with van der Waals surface area (Å²) >= 11 is 0. The number of hydrogen-bond donors (Lipinski definition) is 2. The fraction of sp³-hybridized carbons (Fsp3) is 0.548. The van der Waals surface area contributed by atoms with Crippen LogP contribution in [0.2, 0.25) is 0 Å². The van der Waals surface area contributed by atoms with Gasteiger partial charge in [0.05, 0.1) is 31.2 Å². The molecule has 3 N–H and O–H groups in total. The monoisotopic (exact) mass is 524 g/mol. The van der Waals surface area contributed by atoms with Crippen molar-refractivity contribution < 1.29 is 9.59 Å². The molecular weight excluding hydrogens is 477 g/mol. The average Bonchev–Trinajstić information content (AvgIpc) is 2.93. The number of carbonyl (C=O) groups is 2. The van der Waals surface area contributed by atoms with Crippen molar-refractivity contribution in [1.29, 1.82) is 0 Å². The zero-order valence-electron chi connectivity index (χ0n) is 23.2. The van der Waals surface area contributed by atoms with Crippen LogP contribution < -0.4 is 11.1 Å². The number of nitrogens with zero attached hydrogens (tertiary/aromatic N) is 1. The van der Waals surface area contributed by atoms with E-state index in [1.54, 1.807) is 4.90 Å². The molecule has 2 aromatic rings. The molecular formula is C31H47N3O2P+. The van der Waals surface area contributed by atoms with Crippen LogP contribution in [0.25, 0.3) is 0 Å². The van der Waals surface area contributed by atoms with Crippen molar-refractivity contribution in [2.24, 2.45) is 5.73 Å². The Morgan fingerprint density at radius 2 is 1.46 bits per heavy atom. The first kappa shape index (κ1) is 29.3. The first-order chi connectivity index (χ1) is 17.9. The molecule has 0 fully saturated rings. The lowest BCUT2D eigenvalue weighted by molar-refractivity contribution is -0.138. The fourth-order valence-corrected chi connectivity index (χ4v) is 10.6. The Morgan fingerprint density at radius 3 is 2.00 bits per heavy atom. The van der Waals surface area contributed by atoms with Gasteiger partial charge in [-0.2, -0.15) is 0 Å². The predicted molar refractivity (Wildman–Crippen MR) is 159 cm³/mol. The van der Waals surface area contributed by atoms with Crippen molar-refractivity contribution in [3.63, 3.8) is 0 Å². The summed E-state index contributed by atoms with van der Waals surface area (Å²) in [5, 5.41) is 3.08. The molecule has 0 bridgehead atoms. The molecule has 6 heteroatoms. The standard InChI is InChI=1S/C31H46N3O2P/c1-4-7-18-37(19-8-5-2,20-9-6-3)24-25-14-16-28(17-15-25)33-31(36)29-21-26-12-10-11-13-27(26)23-34(29)30(35)22-32/h10-17,29H,4-9,18-24,32H2,1-3H3/p+1. The molecule has 37 heavy (non-hydrogen) atoms. The minimum absolute atomic E-state index is 0.0976. The van der Waals surface area contributed by atoms with E-state index in [9.17, 15) is 9.59 Å². The summed E-state index contributed by atoms with van der Waals surface area (Å²) in [6.07, 6.45) is 13.7. The minimum atomic E-state index is -1.03. The fourth-order valence-electron chi connectivity index (χ4n) is 5.50. The molecule has 3 rings (SSSR count). The largest absolute Gasteiger partial charge is 0.325 e. The Balaban J connectivity index is 1.72. The first-order valence-electron chi connectivity index (χ1n) is 14.3. The zero-order chi connectivity index (χ0) is 26.7. The molecule has 0 aromatic heterocycles. The van der Waals surface area contributed by atoms with Crippen molar-refractivity contribution in [3.05, 3.63) is 65.2 Å². The van der Waals surface area contributed by atoms with Gasteiger partial charge in [0.25, 0.3) is 0 Å². The zero-order valence-corrected chi connectivity index (χ0v) is 24.1. The lowest BCUT2D eigenvalue weighted by Gasteiger charge is -2.35. The number of carbonyl (C=O) groups excluding carboxylic acids is 2. The molecule has 1 atom stereocenters. The summed E-state index contributed by atoms with van der Waals surface area (Å²) in [5.41, 5.74) is 10.0. The number of unbranched alkanes of at least 4 members (excludes halogenated alkanes) is 3. The number of amides is 2. The van der Waals surface area contributed by atoms with Gasteiger partial charge in [-0.1, -0.05) is 76.4 Å². The molecule has 5 nitrogen and oxygen atoms in total. The molecule has 2 amide bonds. The maximum atomic E-state index is 13.3. The van der Waals surface area contributed by atoms with Gasteiger partial charge in [-0.25, -0.2) is 0 Å². The topological polar surface area (TPSA) is 75.4 Å². The second-order valence-corrected chi connectivity index (χ2v) is 15.0. The van der Waals surface area contributed by atoms with Crippen LogP contribution in [0.5, 0.6) is 0 Å². The second-order valence-electron chi connectivity index (χ2n) is 10.6. The molecule has 2 aromatic carbocycles. The molecule has 0 radical (unpaired) electrons. The van der Waals surface area contributed by atoms with Gasteiger partial charge in [-0.15, -0.1) is 0 Å². The second kappa shape index (κ2) is 14.6. The summed E-state index contributed by atoms with van der Waals surface area (Å²) in [7, 11) is -1.03. The van der Waals surface area contributed by atoms with E-state index in [4.69, 9.17) is 5.73 Å². The number of nitrogens with one attached hydrogen (secondary N) is 1. The predicted octanol–water partition coefficient (Wildman–Crippen LogP) is 6.46. The number of nitrogens with two attached hydrogens (primary N) is 1. The van der Waals surface area contributed by atoms with Gasteiger partial charge >= 0.3 is 0 Å². The summed E-state index contributed by atoms with van der Waals surface area (Å²) < 4.78 is 0. The van der Waals surface area contributed by atoms with Crippen molar-refractivity contribution in [2.75, 3.05) is 30.3 Å². The number of anilines is 1. The van der Waals surface area contributed by atoms with Gasteiger partial charge in [0.2, 0.25) is 11.8 Å². The van der Waals surface area contributed by atoms with E-state index in [1.165, 1.54) is 68.7 Å². The van der Waals surface area contributed by atoms with Gasteiger partial charge in [-0.3, -0.25) is 9.59 Å². The van der Waals surface area contributed by atoms with E-state index >= 15 is 0 Å². The number of rotatable bonds is 14. The molecule has 1 aliphatic rings. The van der Waals surface area contributed by atoms with E-state index in [0.717, 1.165) is 16.8 Å². The number of benzene rings is 2. The van der Waals surface area contributed by atoms with Gasteiger partial charge in [0.15, 0.2) is 0 Å². The SMILES string of the molecule is CCCC[P+](CCCC)(CCCC)Cc1ccc(NC(=O)C2Cc3ccccc3CN2C(=O)CN)cc1. The summed E-state index contributed by atoms with van der Waals surface area (Å²) in [4.78, 5) is 27.5. The van der Waals surface area contributed by atoms with Gasteiger partial charge in [0.1, 0.15) is 6.04 Å². The first-order valence-corrected chi connectivity index (χ1v) is 16.8. The molecule has 0 spiro atoms. The smallest absolute Gasteiger partial charge is 0.247 e. The highest BCUT2D eigenvalue weighted by Gasteiger charge is 2.36. The Labute approximate surface area is 224 Å². The summed E-state index contributed by atoms with van der Waals surface area (Å²) in [6, 6.07) is 15.9. The molecule has 0 saturated heterocycles.